The van der Waals surface area contributed by atoms with Crippen molar-refractivity contribution in [3.63, 3.8) is 0 Å². The number of nitrogens with one attached hydrogen (secondary N) is 2. The Morgan fingerprint density at radius 1 is 1.31 bits per heavy atom. The number of nitrogens with zero attached hydrogens (tertiary/aromatic N) is 1. The van der Waals surface area contributed by atoms with Gasteiger partial charge < -0.3 is 20.5 Å². The number of hydrogen-bond acceptors (Lipinski definition) is 6. The number of hydrogen-bond donors (Lipinski definition) is 3. The Bertz CT molecular complexity index is 926. The molecule has 1 aliphatic rings. The van der Waals surface area contributed by atoms with Gasteiger partial charge in [-0.25, -0.2) is 14.6 Å². The predicted molar refractivity (Wildman–Crippen MR) is 109 cm³/mol. The van der Waals surface area contributed by atoms with Crippen LogP contribution in [-0.2, 0) is 4.79 Å². The lowest BCUT2D eigenvalue weighted by molar-refractivity contribution is -0.139. The van der Waals surface area contributed by atoms with Crippen molar-refractivity contribution in [1.29, 1.82) is 0 Å². The van der Waals surface area contributed by atoms with Gasteiger partial charge in [0.2, 0.25) is 0 Å². The minimum absolute atomic E-state index is 0.0521. The number of halogens is 1. The number of carbonyl (C=O) groups is 3. The van der Waals surface area contributed by atoms with Gasteiger partial charge in [-0.2, -0.15) is 0 Å². The van der Waals surface area contributed by atoms with Gasteiger partial charge in [0.05, 0.1) is 18.3 Å². The number of Topliss-reactive ketones (excluding diaryl/α,β-unsaturated/α-hetero) is 1. The molecule has 1 fully saturated rings. The van der Waals surface area contributed by atoms with Crippen molar-refractivity contribution < 1.29 is 24.2 Å². The van der Waals surface area contributed by atoms with Gasteiger partial charge in [-0.05, 0) is 31.0 Å². The Morgan fingerprint density at radius 2 is 2.03 bits per heavy atom. The molecule has 1 aliphatic carbocycles. The van der Waals surface area contributed by atoms with Crippen LogP contribution in [0, 0.1) is 5.92 Å². The van der Waals surface area contributed by atoms with E-state index in [9.17, 15) is 19.5 Å². The molecule has 1 saturated carbocycles. The molecule has 1 unspecified atom stereocenters. The van der Waals surface area contributed by atoms with E-state index in [0.717, 1.165) is 37.0 Å². The highest BCUT2D eigenvalue weighted by Crippen LogP contribution is 2.32. The highest BCUT2D eigenvalue weighted by molar-refractivity contribution is 7.14. The van der Waals surface area contributed by atoms with Gasteiger partial charge in [0.15, 0.2) is 11.8 Å². The summed E-state index contributed by atoms with van der Waals surface area (Å²) >= 11 is 7.02. The van der Waals surface area contributed by atoms with Crippen LogP contribution >= 0.6 is 22.9 Å². The summed E-state index contributed by atoms with van der Waals surface area (Å²) in [5.74, 6) is -0.958. The molecule has 2 aromatic rings. The fourth-order valence-electron chi connectivity index (χ4n) is 3.34. The number of urea groups is 1. The second-order valence-electron chi connectivity index (χ2n) is 6.64. The topological polar surface area (TPSA) is 118 Å². The zero-order valence-corrected chi connectivity index (χ0v) is 17.2. The second kappa shape index (κ2) is 9.23. The molecule has 0 spiro atoms. The lowest BCUT2D eigenvalue weighted by Crippen LogP contribution is -2.37. The van der Waals surface area contributed by atoms with Gasteiger partial charge in [0.25, 0.3) is 0 Å². The molecule has 154 valence electrons. The molecule has 3 rings (SSSR count). The van der Waals surface area contributed by atoms with Crippen LogP contribution in [-0.4, -0.2) is 35.0 Å². The number of rotatable bonds is 7. The van der Waals surface area contributed by atoms with E-state index in [1.165, 1.54) is 12.6 Å². The number of anilines is 1. The maximum absolute atomic E-state index is 12.9. The van der Waals surface area contributed by atoms with E-state index in [2.05, 4.69) is 15.6 Å². The first-order valence-electron chi connectivity index (χ1n) is 9.02. The quantitative estimate of drug-likeness (QED) is 0.560. The summed E-state index contributed by atoms with van der Waals surface area (Å²) < 4.78 is 5.39. The van der Waals surface area contributed by atoms with Crippen LogP contribution < -0.4 is 15.4 Å². The fraction of sp³-hybridized carbons (Fsp3) is 0.368. The minimum Gasteiger partial charge on any atom is -0.497 e. The third-order valence-corrected chi connectivity index (χ3v) is 5.90. The van der Waals surface area contributed by atoms with E-state index in [-0.39, 0.29) is 27.4 Å². The zero-order chi connectivity index (χ0) is 21.0. The molecule has 8 nitrogen and oxygen atoms in total. The Morgan fingerprint density at radius 3 is 2.62 bits per heavy atom. The van der Waals surface area contributed by atoms with Gasteiger partial charge in [0.1, 0.15) is 15.8 Å². The molecule has 3 N–H and O–H groups in total. The Balaban J connectivity index is 1.81. The Hall–Kier alpha value is -2.65. The van der Waals surface area contributed by atoms with E-state index < -0.39 is 18.0 Å². The monoisotopic (exact) mass is 437 g/mol. The van der Waals surface area contributed by atoms with Crippen LogP contribution in [0.25, 0.3) is 0 Å². The SMILES string of the molecule is COc1ccc(NC(=O)NC(C(=O)O)c2ncsc2Cl)c(C(=O)C2CCCC2)c1. The van der Waals surface area contributed by atoms with Gasteiger partial charge in [-0.15, -0.1) is 11.3 Å². The second-order valence-corrected chi connectivity index (χ2v) is 8.10. The number of ether oxygens (including phenoxy) is 1. The highest BCUT2D eigenvalue weighted by atomic mass is 35.5. The number of benzene rings is 1. The van der Waals surface area contributed by atoms with Crippen LogP contribution in [0.2, 0.25) is 4.34 Å². The highest BCUT2D eigenvalue weighted by Gasteiger charge is 2.29. The number of carboxylic acid groups (broad SMARTS) is 1. The van der Waals surface area contributed by atoms with E-state index in [0.29, 0.717) is 11.3 Å². The molecule has 1 aromatic carbocycles. The van der Waals surface area contributed by atoms with E-state index >= 15 is 0 Å². The third kappa shape index (κ3) is 4.86. The third-order valence-electron chi connectivity index (χ3n) is 4.81. The van der Waals surface area contributed by atoms with Crippen LogP contribution in [0.15, 0.2) is 23.7 Å². The molecule has 0 bridgehead atoms. The molecule has 1 atom stereocenters. The van der Waals surface area contributed by atoms with Gasteiger partial charge in [-0.3, -0.25) is 4.79 Å². The molecule has 29 heavy (non-hydrogen) atoms. The van der Waals surface area contributed by atoms with Crippen LogP contribution in [0.1, 0.15) is 47.8 Å². The van der Waals surface area contributed by atoms with Gasteiger partial charge >= 0.3 is 12.0 Å². The minimum atomic E-state index is -1.42. The van der Waals surface area contributed by atoms with Crippen molar-refractivity contribution in [2.24, 2.45) is 5.92 Å². The Kier molecular flexibility index (Phi) is 6.71. The summed E-state index contributed by atoms with van der Waals surface area (Å²) in [5.41, 5.74) is 2.07. The average molecular weight is 438 g/mol. The van der Waals surface area contributed by atoms with Gasteiger partial charge in [0, 0.05) is 11.5 Å². The van der Waals surface area contributed by atoms with E-state index in [1.807, 2.05) is 0 Å². The first-order valence-corrected chi connectivity index (χ1v) is 10.3. The lowest BCUT2D eigenvalue weighted by Gasteiger charge is -2.17. The number of aliphatic carboxylic acids is 1. The van der Waals surface area contributed by atoms with Crippen molar-refractivity contribution in [3.05, 3.63) is 39.3 Å². The number of carboxylic acids is 1. The lowest BCUT2D eigenvalue weighted by atomic mass is 9.95. The van der Waals surface area contributed by atoms with Crippen LogP contribution in [0.5, 0.6) is 5.75 Å². The standard InChI is InChI=1S/C19H20ClN3O5S/c1-28-11-6-7-13(12(8-11)16(24)10-4-2-3-5-10)22-19(27)23-15(18(25)26)14-17(20)29-9-21-14/h6-10,15H,2-5H2,1H3,(H,25,26)(H2,22,23,27). The van der Waals surface area contributed by atoms with Crippen molar-refractivity contribution in [3.8, 4) is 5.75 Å². The van der Waals surface area contributed by atoms with Crippen molar-refractivity contribution in [2.75, 3.05) is 12.4 Å². The zero-order valence-electron chi connectivity index (χ0n) is 15.6. The number of methoxy groups -OCH3 is 1. The van der Waals surface area contributed by atoms with Crippen molar-refractivity contribution >= 4 is 46.4 Å². The summed E-state index contributed by atoms with van der Waals surface area (Å²) in [6, 6.07) is 2.56. The number of carbonyl (C=O) groups excluding carboxylic acids is 2. The molecule has 10 heteroatoms. The number of amides is 2. The maximum atomic E-state index is 12.9. The fourth-order valence-corrected chi connectivity index (χ4v) is 4.16. The number of thiazole rings is 1. The van der Waals surface area contributed by atoms with E-state index in [4.69, 9.17) is 16.3 Å². The summed E-state index contributed by atoms with van der Waals surface area (Å²) in [6.45, 7) is 0. The molecule has 0 aliphatic heterocycles. The van der Waals surface area contributed by atoms with Crippen molar-refractivity contribution in [1.82, 2.24) is 10.3 Å². The summed E-state index contributed by atoms with van der Waals surface area (Å²) in [4.78, 5) is 40.9. The number of aromatic nitrogens is 1. The number of ketones is 1. The predicted octanol–water partition coefficient (Wildman–Crippen LogP) is 4.13. The molecule has 0 radical (unpaired) electrons. The van der Waals surface area contributed by atoms with Crippen molar-refractivity contribution in [2.45, 2.75) is 31.7 Å². The largest absolute Gasteiger partial charge is 0.497 e. The van der Waals surface area contributed by atoms with Crippen LogP contribution in [0.4, 0.5) is 10.5 Å². The molecular weight excluding hydrogens is 418 g/mol. The summed E-state index contributed by atoms with van der Waals surface area (Å²) in [7, 11) is 1.49. The Labute approximate surface area is 176 Å². The normalized spacial score (nSPS) is 15.0. The molecule has 2 amide bonds. The van der Waals surface area contributed by atoms with E-state index in [1.54, 1.807) is 18.2 Å². The maximum Gasteiger partial charge on any atom is 0.332 e. The average Bonchev–Trinajstić information content (AvgIpc) is 3.37. The smallest absolute Gasteiger partial charge is 0.332 e. The summed E-state index contributed by atoms with van der Waals surface area (Å²) in [6.07, 6.45) is 3.62. The first kappa shape index (κ1) is 21.1. The molecular formula is C19H20ClN3O5S. The first-order chi connectivity index (χ1) is 13.9. The van der Waals surface area contributed by atoms with Gasteiger partial charge in [-0.1, -0.05) is 24.4 Å². The summed E-state index contributed by atoms with van der Waals surface area (Å²) in [5, 5.41) is 14.3. The van der Waals surface area contributed by atoms with Crippen LogP contribution in [0.3, 0.4) is 0 Å². The molecule has 1 aromatic heterocycles. The molecule has 1 heterocycles. The molecule has 0 saturated heterocycles.